The lowest BCUT2D eigenvalue weighted by Crippen LogP contribution is -2.14. The van der Waals surface area contributed by atoms with E-state index in [4.69, 9.17) is 0 Å². The van der Waals surface area contributed by atoms with Crippen LogP contribution in [0.4, 0.5) is 10.1 Å². The van der Waals surface area contributed by atoms with Gasteiger partial charge >= 0.3 is 0 Å². The van der Waals surface area contributed by atoms with E-state index in [0.717, 1.165) is 5.69 Å². The second-order valence-corrected chi connectivity index (χ2v) is 5.81. The first-order chi connectivity index (χ1) is 12.0. The third-order valence-electron chi connectivity index (χ3n) is 4.10. The number of hydrogen-bond acceptors (Lipinski definition) is 3. The van der Waals surface area contributed by atoms with Crippen molar-refractivity contribution >= 4 is 11.6 Å². The summed E-state index contributed by atoms with van der Waals surface area (Å²) in [6, 6.07) is 8.26. The fourth-order valence-electron chi connectivity index (χ4n) is 2.66. The van der Waals surface area contributed by atoms with Gasteiger partial charge in [0.25, 0.3) is 5.91 Å². The minimum Gasteiger partial charge on any atom is -0.317 e. The number of amides is 1. The minimum atomic E-state index is -0.288. The Morgan fingerprint density at radius 3 is 2.64 bits per heavy atom. The van der Waals surface area contributed by atoms with Crippen LogP contribution in [0.3, 0.4) is 0 Å². The van der Waals surface area contributed by atoms with Crippen LogP contribution in [-0.4, -0.2) is 25.5 Å². The van der Waals surface area contributed by atoms with E-state index in [1.54, 1.807) is 39.8 Å². The molecule has 1 N–H and O–H groups in total. The molecule has 0 aliphatic carbocycles. The van der Waals surface area contributed by atoms with E-state index in [-0.39, 0.29) is 11.7 Å². The second-order valence-electron chi connectivity index (χ2n) is 5.81. The highest BCUT2D eigenvalue weighted by molar-refractivity contribution is 6.03. The zero-order chi connectivity index (χ0) is 18.0. The van der Waals surface area contributed by atoms with Gasteiger partial charge in [-0.3, -0.25) is 14.2 Å². The highest BCUT2D eigenvalue weighted by Crippen LogP contribution is 2.21. The molecule has 0 aliphatic rings. The number of hydrogen-bond donors (Lipinski definition) is 1. The fourth-order valence-corrected chi connectivity index (χ4v) is 2.66. The highest BCUT2D eigenvalue weighted by Gasteiger charge is 2.17. The molecule has 3 rings (SSSR count). The Morgan fingerprint density at radius 2 is 1.96 bits per heavy atom. The van der Waals surface area contributed by atoms with Gasteiger partial charge in [0.1, 0.15) is 5.82 Å². The number of carbonyl (C=O) groups is 1. The van der Waals surface area contributed by atoms with E-state index >= 15 is 0 Å². The van der Waals surface area contributed by atoms with Crippen LogP contribution in [0, 0.1) is 19.7 Å². The van der Waals surface area contributed by atoms with Crippen molar-refractivity contribution < 1.29 is 9.18 Å². The molecule has 0 radical (unpaired) electrons. The summed E-state index contributed by atoms with van der Waals surface area (Å²) in [6.45, 7) is 6.62. The van der Waals surface area contributed by atoms with E-state index in [1.165, 1.54) is 6.07 Å². The van der Waals surface area contributed by atoms with Crippen LogP contribution in [0.5, 0.6) is 0 Å². The molecule has 0 saturated heterocycles. The molecule has 2 heterocycles. The van der Waals surface area contributed by atoms with Crippen molar-refractivity contribution in [3.05, 3.63) is 65.0 Å². The first-order valence-electron chi connectivity index (χ1n) is 8.11. The van der Waals surface area contributed by atoms with Crippen LogP contribution in [-0.2, 0) is 13.1 Å². The van der Waals surface area contributed by atoms with Gasteiger partial charge in [0.15, 0.2) is 5.69 Å². The Balaban J connectivity index is 1.82. The molecule has 1 aromatic carbocycles. The molecule has 6 nitrogen and oxygen atoms in total. The average molecular weight is 341 g/mol. The first-order valence-corrected chi connectivity index (χ1v) is 8.11. The van der Waals surface area contributed by atoms with Gasteiger partial charge in [-0.2, -0.15) is 10.2 Å². The van der Waals surface area contributed by atoms with Crippen molar-refractivity contribution in [2.24, 2.45) is 0 Å². The van der Waals surface area contributed by atoms with Crippen LogP contribution in [0.15, 0.2) is 36.5 Å². The molecule has 1 amide bonds. The van der Waals surface area contributed by atoms with Gasteiger partial charge in [0.05, 0.1) is 23.6 Å². The summed E-state index contributed by atoms with van der Waals surface area (Å²) in [7, 11) is 0. The average Bonchev–Trinajstić information content (AvgIpc) is 3.18. The Hall–Kier alpha value is -2.96. The topological polar surface area (TPSA) is 64.7 Å². The Labute approximate surface area is 145 Å². The summed E-state index contributed by atoms with van der Waals surface area (Å²) in [4.78, 5) is 12.4. The van der Waals surface area contributed by atoms with Crippen LogP contribution >= 0.6 is 0 Å². The van der Waals surface area contributed by atoms with Gasteiger partial charge in [-0.15, -0.1) is 0 Å². The summed E-state index contributed by atoms with van der Waals surface area (Å²) in [5.41, 5.74) is 2.98. The number of aryl methyl sites for hydroxylation is 2. The summed E-state index contributed by atoms with van der Waals surface area (Å²) >= 11 is 0. The fraction of sp³-hybridized carbons (Fsp3) is 0.278. The first kappa shape index (κ1) is 16.9. The zero-order valence-corrected chi connectivity index (χ0v) is 14.5. The Kier molecular flexibility index (Phi) is 4.65. The van der Waals surface area contributed by atoms with Crippen molar-refractivity contribution in [3.8, 4) is 0 Å². The van der Waals surface area contributed by atoms with E-state index in [1.807, 2.05) is 20.8 Å². The van der Waals surface area contributed by atoms with Crippen molar-refractivity contribution in [3.63, 3.8) is 0 Å². The lowest BCUT2D eigenvalue weighted by atomic mass is 10.2. The predicted molar refractivity (Wildman–Crippen MR) is 93.1 cm³/mol. The van der Waals surface area contributed by atoms with Gasteiger partial charge in [-0.05, 0) is 32.9 Å². The zero-order valence-electron chi connectivity index (χ0n) is 14.5. The van der Waals surface area contributed by atoms with Gasteiger partial charge < -0.3 is 5.32 Å². The molecule has 0 bridgehead atoms. The van der Waals surface area contributed by atoms with E-state index in [9.17, 15) is 9.18 Å². The number of halogens is 1. The van der Waals surface area contributed by atoms with Gasteiger partial charge in [-0.1, -0.05) is 18.2 Å². The Morgan fingerprint density at radius 1 is 1.20 bits per heavy atom. The van der Waals surface area contributed by atoms with Gasteiger partial charge in [-0.25, -0.2) is 4.39 Å². The number of rotatable bonds is 5. The lowest BCUT2D eigenvalue weighted by Gasteiger charge is -2.07. The highest BCUT2D eigenvalue weighted by atomic mass is 19.1. The summed E-state index contributed by atoms with van der Waals surface area (Å²) in [5, 5.41) is 11.5. The van der Waals surface area contributed by atoms with Crippen molar-refractivity contribution in [2.75, 3.05) is 5.32 Å². The molecule has 7 heteroatoms. The lowest BCUT2D eigenvalue weighted by molar-refractivity contribution is 0.102. The predicted octanol–water partition coefficient (Wildman–Crippen LogP) is 3.16. The summed E-state index contributed by atoms with van der Waals surface area (Å²) in [6.07, 6.45) is 1.76. The maximum absolute atomic E-state index is 13.9. The van der Waals surface area contributed by atoms with E-state index in [2.05, 4.69) is 15.5 Å². The number of nitrogens with zero attached hydrogens (tertiary/aromatic N) is 4. The van der Waals surface area contributed by atoms with Crippen molar-refractivity contribution in [1.29, 1.82) is 0 Å². The largest absolute Gasteiger partial charge is 0.317 e. The molecule has 3 aromatic rings. The van der Waals surface area contributed by atoms with Crippen molar-refractivity contribution in [2.45, 2.75) is 33.9 Å². The minimum absolute atomic E-state index is 0.272. The maximum atomic E-state index is 13.9. The molecule has 0 fully saturated rings. The van der Waals surface area contributed by atoms with Crippen LogP contribution in [0.1, 0.15) is 34.4 Å². The number of anilines is 1. The molecule has 0 aliphatic heterocycles. The van der Waals surface area contributed by atoms with Gasteiger partial charge in [0, 0.05) is 18.3 Å². The molecule has 130 valence electrons. The quantitative estimate of drug-likeness (QED) is 0.775. The second kappa shape index (κ2) is 6.88. The summed E-state index contributed by atoms with van der Waals surface area (Å²) in [5.74, 6) is -0.561. The van der Waals surface area contributed by atoms with Crippen LogP contribution in [0.25, 0.3) is 0 Å². The SMILES string of the molecule is CCn1ccc(C(=O)Nc2c(C)nn(Cc3ccccc3F)c2C)n1. The normalized spacial score (nSPS) is 10.9. The third kappa shape index (κ3) is 3.45. The molecule has 2 aromatic heterocycles. The molecule has 0 unspecified atom stereocenters. The number of nitrogens with one attached hydrogen (secondary N) is 1. The maximum Gasteiger partial charge on any atom is 0.276 e. The third-order valence-corrected chi connectivity index (χ3v) is 4.10. The molecular formula is C18H20FN5O. The smallest absolute Gasteiger partial charge is 0.276 e. The molecule has 0 spiro atoms. The number of benzene rings is 1. The van der Waals surface area contributed by atoms with E-state index < -0.39 is 0 Å². The molecule has 0 atom stereocenters. The van der Waals surface area contributed by atoms with E-state index in [0.29, 0.717) is 35.7 Å². The molecule has 25 heavy (non-hydrogen) atoms. The van der Waals surface area contributed by atoms with Gasteiger partial charge in [0.2, 0.25) is 0 Å². The summed E-state index contributed by atoms with van der Waals surface area (Å²) < 4.78 is 17.2. The molecule has 0 saturated carbocycles. The van der Waals surface area contributed by atoms with Crippen LogP contribution in [0.2, 0.25) is 0 Å². The Bertz CT molecular complexity index is 912. The monoisotopic (exact) mass is 341 g/mol. The molecular weight excluding hydrogens is 321 g/mol. The standard InChI is InChI=1S/C18H20FN5O/c1-4-23-10-9-16(22-23)18(25)20-17-12(2)21-24(13(17)3)11-14-7-5-6-8-15(14)19/h5-10H,4,11H2,1-3H3,(H,20,25). The number of aromatic nitrogens is 4. The van der Waals surface area contributed by atoms with Crippen LogP contribution < -0.4 is 5.32 Å². The number of carbonyl (C=O) groups excluding carboxylic acids is 1. The van der Waals surface area contributed by atoms with Crippen molar-refractivity contribution in [1.82, 2.24) is 19.6 Å².